The fourth-order valence-electron chi connectivity index (χ4n) is 1.64. The summed E-state index contributed by atoms with van der Waals surface area (Å²) in [6.45, 7) is 0. The smallest absolute Gasteiger partial charge is 0.346 e. The molecule has 0 saturated carbocycles. The van der Waals surface area contributed by atoms with E-state index in [2.05, 4.69) is 0 Å². The number of nitrogens with zero attached hydrogens (tertiary/aromatic N) is 1. The van der Waals surface area contributed by atoms with E-state index in [0.717, 1.165) is 12.1 Å². The van der Waals surface area contributed by atoms with Gasteiger partial charge < -0.3 is 9.47 Å². The molecule has 0 aliphatic rings. The van der Waals surface area contributed by atoms with Gasteiger partial charge in [-0.3, -0.25) is 0 Å². The van der Waals surface area contributed by atoms with E-state index in [1.54, 1.807) is 0 Å². The minimum atomic E-state index is -1.28. The molecule has 0 fully saturated rings. The van der Waals surface area contributed by atoms with E-state index in [1.165, 1.54) is 31.4 Å². The highest BCUT2D eigenvalue weighted by Gasteiger charge is 2.18. The lowest BCUT2D eigenvalue weighted by Gasteiger charge is -2.09. The molecule has 0 amide bonds. The molecule has 106 valence electrons. The first-order valence-corrected chi connectivity index (χ1v) is 5.81. The Balaban J connectivity index is 2.32. The number of ether oxygens (including phenoxy) is 2. The number of benzene rings is 2. The Morgan fingerprint density at radius 2 is 1.95 bits per heavy atom. The summed E-state index contributed by atoms with van der Waals surface area (Å²) in [6.07, 6.45) is 0. The van der Waals surface area contributed by atoms with Crippen molar-refractivity contribution in [3.8, 4) is 17.6 Å². The van der Waals surface area contributed by atoms with Crippen LogP contribution in [-0.4, -0.2) is 13.1 Å². The van der Waals surface area contributed by atoms with E-state index in [-0.39, 0.29) is 11.5 Å². The number of carbonyl (C=O) groups is 1. The molecule has 0 aromatic heterocycles. The van der Waals surface area contributed by atoms with Crippen molar-refractivity contribution in [2.24, 2.45) is 0 Å². The van der Waals surface area contributed by atoms with Crippen LogP contribution in [-0.2, 0) is 0 Å². The van der Waals surface area contributed by atoms with Gasteiger partial charge in [0.1, 0.15) is 0 Å². The zero-order valence-corrected chi connectivity index (χ0v) is 10.9. The van der Waals surface area contributed by atoms with Crippen molar-refractivity contribution in [3.05, 3.63) is 59.2 Å². The second kappa shape index (κ2) is 6.01. The number of hydrogen-bond acceptors (Lipinski definition) is 4. The summed E-state index contributed by atoms with van der Waals surface area (Å²) in [5, 5.41) is 8.77. The summed E-state index contributed by atoms with van der Waals surface area (Å²) in [6, 6.07) is 9.22. The van der Waals surface area contributed by atoms with Gasteiger partial charge in [-0.15, -0.1) is 0 Å². The third-order valence-corrected chi connectivity index (χ3v) is 2.67. The molecule has 0 atom stereocenters. The van der Waals surface area contributed by atoms with Crippen molar-refractivity contribution in [2.75, 3.05) is 7.11 Å². The Morgan fingerprint density at radius 3 is 2.62 bits per heavy atom. The van der Waals surface area contributed by atoms with Gasteiger partial charge >= 0.3 is 5.97 Å². The van der Waals surface area contributed by atoms with Gasteiger partial charge in [0.05, 0.1) is 24.3 Å². The summed E-state index contributed by atoms with van der Waals surface area (Å²) >= 11 is 0. The maximum Gasteiger partial charge on any atom is 0.346 e. The van der Waals surface area contributed by atoms with Gasteiger partial charge in [-0.1, -0.05) is 6.07 Å². The monoisotopic (exact) mass is 289 g/mol. The zero-order valence-electron chi connectivity index (χ0n) is 10.9. The van der Waals surface area contributed by atoms with Crippen LogP contribution in [0.4, 0.5) is 8.78 Å². The lowest BCUT2D eigenvalue weighted by molar-refractivity contribution is 0.0723. The molecule has 0 heterocycles. The number of esters is 1. The van der Waals surface area contributed by atoms with Gasteiger partial charge in [0.15, 0.2) is 23.1 Å². The van der Waals surface area contributed by atoms with Crippen molar-refractivity contribution < 1.29 is 23.0 Å². The molecule has 2 aromatic rings. The highest BCUT2D eigenvalue weighted by molar-refractivity contribution is 5.91. The summed E-state index contributed by atoms with van der Waals surface area (Å²) in [7, 11) is 1.33. The molecule has 2 rings (SSSR count). The van der Waals surface area contributed by atoms with E-state index < -0.39 is 23.2 Å². The molecule has 0 unspecified atom stereocenters. The topological polar surface area (TPSA) is 59.3 Å². The Labute approximate surface area is 119 Å². The Morgan fingerprint density at radius 1 is 1.19 bits per heavy atom. The fourth-order valence-corrected chi connectivity index (χ4v) is 1.64. The highest BCUT2D eigenvalue weighted by Crippen LogP contribution is 2.29. The molecule has 0 aliphatic heterocycles. The molecular formula is C15H9F2NO3. The summed E-state index contributed by atoms with van der Waals surface area (Å²) < 4.78 is 36.5. The van der Waals surface area contributed by atoms with Crippen LogP contribution in [0.2, 0.25) is 0 Å². The van der Waals surface area contributed by atoms with Crippen LogP contribution in [0.1, 0.15) is 15.9 Å². The summed E-state index contributed by atoms with van der Waals surface area (Å²) in [5.41, 5.74) is -0.218. The van der Waals surface area contributed by atoms with Crippen molar-refractivity contribution in [3.63, 3.8) is 0 Å². The number of rotatable bonds is 3. The molecule has 2 aromatic carbocycles. The van der Waals surface area contributed by atoms with Crippen molar-refractivity contribution in [1.82, 2.24) is 0 Å². The number of halogens is 2. The van der Waals surface area contributed by atoms with Gasteiger partial charge in [0.2, 0.25) is 0 Å². The van der Waals surface area contributed by atoms with Gasteiger partial charge in [-0.25, -0.2) is 13.6 Å². The van der Waals surface area contributed by atoms with Crippen LogP contribution < -0.4 is 9.47 Å². The quantitative estimate of drug-likeness (QED) is 0.643. The maximum absolute atomic E-state index is 13.5. The van der Waals surface area contributed by atoms with Crippen LogP contribution in [0, 0.1) is 23.0 Å². The van der Waals surface area contributed by atoms with Crippen molar-refractivity contribution >= 4 is 5.97 Å². The first-order valence-electron chi connectivity index (χ1n) is 5.81. The van der Waals surface area contributed by atoms with E-state index in [4.69, 9.17) is 14.7 Å². The summed E-state index contributed by atoms with van der Waals surface area (Å²) in [4.78, 5) is 11.9. The number of carbonyl (C=O) groups excluding carboxylic acids is 1. The molecule has 0 radical (unpaired) electrons. The third kappa shape index (κ3) is 2.98. The van der Waals surface area contributed by atoms with Crippen LogP contribution in [0.3, 0.4) is 0 Å². The molecule has 21 heavy (non-hydrogen) atoms. The van der Waals surface area contributed by atoms with Crippen LogP contribution in [0.5, 0.6) is 11.5 Å². The van der Waals surface area contributed by atoms with E-state index >= 15 is 0 Å². The van der Waals surface area contributed by atoms with E-state index in [1.807, 2.05) is 6.07 Å². The van der Waals surface area contributed by atoms with Crippen LogP contribution in [0.15, 0.2) is 36.4 Å². The molecule has 0 spiro atoms. The van der Waals surface area contributed by atoms with Gasteiger partial charge in [-0.05, 0) is 24.3 Å². The van der Waals surface area contributed by atoms with E-state index in [0.29, 0.717) is 5.56 Å². The standard InChI is InChI=1S/C15H9F2NO3/c1-20-13-7-9(8-18)5-6-12(13)21-15(19)10-3-2-4-11(16)14(10)17/h2-7H,1H3. The first-order chi connectivity index (χ1) is 10.1. The van der Waals surface area contributed by atoms with E-state index in [9.17, 15) is 13.6 Å². The SMILES string of the molecule is COc1cc(C#N)ccc1OC(=O)c1cccc(F)c1F. The molecular weight excluding hydrogens is 280 g/mol. The number of hydrogen-bond donors (Lipinski definition) is 0. The van der Waals surface area contributed by atoms with Gasteiger partial charge in [-0.2, -0.15) is 5.26 Å². The second-order valence-corrected chi connectivity index (χ2v) is 3.97. The van der Waals surface area contributed by atoms with Crippen LogP contribution in [0.25, 0.3) is 0 Å². The minimum Gasteiger partial charge on any atom is -0.493 e. The summed E-state index contributed by atoms with van der Waals surface area (Å²) in [5.74, 6) is -3.34. The normalized spacial score (nSPS) is 9.81. The molecule has 0 saturated heterocycles. The zero-order chi connectivity index (χ0) is 15.4. The molecule has 4 nitrogen and oxygen atoms in total. The Hall–Kier alpha value is -2.94. The first kappa shape index (κ1) is 14.5. The second-order valence-electron chi connectivity index (χ2n) is 3.97. The largest absolute Gasteiger partial charge is 0.493 e. The average molecular weight is 289 g/mol. The average Bonchev–Trinajstić information content (AvgIpc) is 2.50. The molecule has 0 aliphatic carbocycles. The molecule has 6 heteroatoms. The van der Waals surface area contributed by atoms with Crippen molar-refractivity contribution in [2.45, 2.75) is 0 Å². The maximum atomic E-state index is 13.5. The third-order valence-electron chi connectivity index (χ3n) is 2.67. The highest BCUT2D eigenvalue weighted by atomic mass is 19.2. The lowest BCUT2D eigenvalue weighted by atomic mass is 10.2. The minimum absolute atomic E-state index is 0.00478. The molecule has 0 N–H and O–H groups in total. The fraction of sp³-hybridized carbons (Fsp3) is 0.0667. The number of methoxy groups -OCH3 is 1. The van der Waals surface area contributed by atoms with Crippen molar-refractivity contribution in [1.29, 1.82) is 5.26 Å². The number of nitriles is 1. The van der Waals surface area contributed by atoms with Gasteiger partial charge in [0.25, 0.3) is 0 Å². The van der Waals surface area contributed by atoms with Crippen LogP contribution >= 0.6 is 0 Å². The predicted octanol–water partition coefficient (Wildman–Crippen LogP) is 3.06. The Kier molecular flexibility index (Phi) is 4.14. The molecule has 0 bridgehead atoms. The Bertz CT molecular complexity index is 738. The lowest BCUT2D eigenvalue weighted by Crippen LogP contribution is -2.12. The van der Waals surface area contributed by atoms with Gasteiger partial charge in [0, 0.05) is 6.07 Å². The predicted molar refractivity (Wildman–Crippen MR) is 69.0 cm³/mol.